The first-order valence-corrected chi connectivity index (χ1v) is 11.0. The molecule has 3 atom stereocenters. The van der Waals surface area contributed by atoms with Crippen LogP contribution in [-0.4, -0.2) is 47.1 Å². The fourth-order valence-corrected chi connectivity index (χ4v) is 3.64. The summed E-state index contributed by atoms with van der Waals surface area (Å²) in [5.41, 5.74) is 0.760. The van der Waals surface area contributed by atoms with E-state index in [0.29, 0.717) is 11.1 Å². The predicted octanol–water partition coefficient (Wildman–Crippen LogP) is 2.33. The van der Waals surface area contributed by atoms with Gasteiger partial charge in [-0.1, -0.05) is 66.7 Å². The van der Waals surface area contributed by atoms with Gasteiger partial charge in [-0.15, -0.1) is 0 Å². The highest BCUT2D eigenvalue weighted by Gasteiger charge is 2.33. The molecule has 186 valence electrons. The Bertz CT molecular complexity index is 1220. The fourth-order valence-electron chi connectivity index (χ4n) is 3.64. The van der Waals surface area contributed by atoms with Crippen molar-refractivity contribution < 1.29 is 29.2 Å². The van der Waals surface area contributed by atoms with E-state index >= 15 is 0 Å². The van der Waals surface area contributed by atoms with Crippen LogP contribution in [0.15, 0.2) is 84.9 Å². The second-order valence-corrected chi connectivity index (χ2v) is 7.85. The predicted molar refractivity (Wildman–Crippen MR) is 130 cm³/mol. The lowest BCUT2D eigenvalue weighted by Crippen LogP contribution is -2.51. The number of nitro benzene ring substituents is 1. The van der Waals surface area contributed by atoms with Crippen LogP contribution in [0.2, 0.25) is 0 Å². The van der Waals surface area contributed by atoms with Gasteiger partial charge in [0.25, 0.3) is 17.5 Å². The summed E-state index contributed by atoms with van der Waals surface area (Å²) in [6, 6.07) is 20.0. The van der Waals surface area contributed by atoms with Crippen LogP contribution in [0.5, 0.6) is 0 Å². The molecule has 0 heterocycles. The van der Waals surface area contributed by atoms with Gasteiger partial charge in [0.2, 0.25) is 0 Å². The number of ether oxygens (including phenoxy) is 1. The lowest BCUT2D eigenvalue weighted by Gasteiger charge is -2.26. The smallest absolute Gasteiger partial charge is 0.328 e. The van der Waals surface area contributed by atoms with E-state index in [9.17, 15) is 29.6 Å². The van der Waals surface area contributed by atoms with Crippen LogP contribution in [0.4, 0.5) is 5.69 Å². The van der Waals surface area contributed by atoms with Crippen molar-refractivity contribution in [3.05, 3.63) is 112 Å². The zero-order valence-electron chi connectivity index (χ0n) is 19.4. The van der Waals surface area contributed by atoms with Crippen LogP contribution in [0.3, 0.4) is 0 Å². The molecule has 0 saturated heterocycles. The standard InChI is InChI=1S/C26H25N3O7/c1-36-26(33)20(16-19-14-8-9-15-21(19)29(34)35)27-25(32)23(30)22(17-10-4-2-5-11-17)28-24(31)18-12-6-3-7-13-18/h2-15,20,22-23,30H,16H2,1H3,(H,27,32)(H,28,31)/t20-,22+,23-/m1/s1. The largest absolute Gasteiger partial charge is 0.467 e. The molecule has 36 heavy (non-hydrogen) atoms. The van der Waals surface area contributed by atoms with Gasteiger partial charge in [0.05, 0.1) is 18.1 Å². The van der Waals surface area contributed by atoms with E-state index in [1.54, 1.807) is 66.7 Å². The molecule has 0 radical (unpaired) electrons. The van der Waals surface area contributed by atoms with Gasteiger partial charge in [0.1, 0.15) is 6.04 Å². The number of amides is 2. The second kappa shape index (κ2) is 12.2. The Hall–Kier alpha value is -4.57. The summed E-state index contributed by atoms with van der Waals surface area (Å²) in [5.74, 6) is -2.33. The van der Waals surface area contributed by atoms with Gasteiger partial charge in [0.15, 0.2) is 6.10 Å². The molecule has 0 fully saturated rings. The van der Waals surface area contributed by atoms with Gasteiger partial charge in [-0.2, -0.15) is 0 Å². The number of nitrogens with one attached hydrogen (secondary N) is 2. The number of methoxy groups -OCH3 is 1. The number of aliphatic hydroxyl groups is 1. The van der Waals surface area contributed by atoms with Gasteiger partial charge >= 0.3 is 5.97 Å². The van der Waals surface area contributed by atoms with Crippen LogP contribution < -0.4 is 10.6 Å². The monoisotopic (exact) mass is 491 g/mol. The minimum Gasteiger partial charge on any atom is -0.467 e. The first-order valence-electron chi connectivity index (χ1n) is 11.0. The van der Waals surface area contributed by atoms with E-state index in [1.807, 2.05) is 0 Å². The van der Waals surface area contributed by atoms with Crippen LogP contribution >= 0.6 is 0 Å². The molecule has 0 aromatic heterocycles. The number of esters is 1. The summed E-state index contributed by atoms with van der Waals surface area (Å²) in [6.07, 6.45) is -2.03. The van der Waals surface area contributed by atoms with E-state index in [2.05, 4.69) is 10.6 Å². The van der Waals surface area contributed by atoms with Gasteiger partial charge in [-0.05, 0) is 17.7 Å². The Kier molecular flexibility index (Phi) is 8.84. The maximum Gasteiger partial charge on any atom is 0.328 e. The Morgan fingerprint density at radius 3 is 2.11 bits per heavy atom. The number of carbonyl (C=O) groups excluding carboxylic acids is 3. The highest BCUT2D eigenvalue weighted by Crippen LogP contribution is 2.21. The van der Waals surface area contributed by atoms with E-state index in [1.165, 1.54) is 18.2 Å². The minimum absolute atomic E-state index is 0.199. The Morgan fingerprint density at radius 2 is 1.50 bits per heavy atom. The summed E-state index contributed by atoms with van der Waals surface area (Å²) >= 11 is 0. The summed E-state index contributed by atoms with van der Waals surface area (Å²) in [4.78, 5) is 49.0. The Balaban J connectivity index is 1.84. The molecule has 2 amide bonds. The molecule has 0 spiro atoms. The fraction of sp³-hybridized carbons (Fsp3) is 0.192. The van der Waals surface area contributed by atoms with Gasteiger partial charge in [-0.3, -0.25) is 19.7 Å². The molecule has 0 saturated carbocycles. The quantitative estimate of drug-likeness (QED) is 0.224. The number of hydrogen-bond donors (Lipinski definition) is 3. The van der Waals surface area contributed by atoms with E-state index < -0.39 is 40.9 Å². The van der Waals surface area contributed by atoms with Crippen LogP contribution in [0, 0.1) is 10.1 Å². The van der Waals surface area contributed by atoms with Crippen molar-refractivity contribution in [2.24, 2.45) is 0 Å². The first-order chi connectivity index (χ1) is 17.3. The van der Waals surface area contributed by atoms with Crippen molar-refractivity contribution in [1.29, 1.82) is 0 Å². The number of rotatable bonds is 10. The molecular weight excluding hydrogens is 466 g/mol. The number of nitro groups is 1. The maximum absolute atomic E-state index is 13.1. The van der Waals surface area contributed by atoms with Crippen molar-refractivity contribution in [3.8, 4) is 0 Å². The number of benzene rings is 3. The molecule has 3 rings (SSSR count). The molecule has 0 aliphatic heterocycles. The third-order valence-corrected chi connectivity index (χ3v) is 5.48. The number of nitrogens with zero attached hydrogens (tertiary/aromatic N) is 1. The average molecular weight is 492 g/mol. The minimum atomic E-state index is -1.79. The zero-order chi connectivity index (χ0) is 26.1. The zero-order valence-corrected chi connectivity index (χ0v) is 19.4. The summed E-state index contributed by atoms with van der Waals surface area (Å²) in [6.45, 7) is 0. The third-order valence-electron chi connectivity index (χ3n) is 5.48. The van der Waals surface area contributed by atoms with Crippen LogP contribution in [-0.2, 0) is 20.7 Å². The van der Waals surface area contributed by atoms with Crippen molar-refractivity contribution in [2.75, 3.05) is 7.11 Å². The average Bonchev–Trinajstić information content (AvgIpc) is 2.91. The third kappa shape index (κ3) is 6.51. The summed E-state index contributed by atoms with van der Waals surface area (Å²) in [5, 5.41) is 27.4. The lowest BCUT2D eigenvalue weighted by atomic mass is 9.99. The number of carbonyl (C=O) groups is 3. The highest BCUT2D eigenvalue weighted by molar-refractivity contribution is 5.95. The SMILES string of the molecule is COC(=O)[C@@H](Cc1ccccc1[N+](=O)[O-])NC(=O)[C@H](O)[C@@H](NC(=O)c1ccccc1)c1ccccc1. The highest BCUT2D eigenvalue weighted by atomic mass is 16.6. The normalized spacial score (nSPS) is 13.1. The topological polar surface area (TPSA) is 148 Å². The summed E-state index contributed by atoms with van der Waals surface area (Å²) in [7, 11) is 1.12. The van der Waals surface area contributed by atoms with Crippen LogP contribution in [0.1, 0.15) is 27.5 Å². The number of para-hydroxylation sites is 1. The van der Waals surface area contributed by atoms with Crippen molar-refractivity contribution in [3.63, 3.8) is 0 Å². The molecule has 10 nitrogen and oxygen atoms in total. The molecule has 10 heteroatoms. The van der Waals surface area contributed by atoms with Crippen molar-refractivity contribution in [1.82, 2.24) is 10.6 Å². The van der Waals surface area contributed by atoms with Crippen molar-refractivity contribution in [2.45, 2.75) is 24.6 Å². The lowest BCUT2D eigenvalue weighted by molar-refractivity contribution is -0.385. The molecule has 0 aliphatic carbocycles. The molecule has 3 aromatic rings. The van der Waals surface area contributed by atoms with Gasteiger partial charge < -0.3 is 20.5 Å². The Morgan fingerprint density at radius 1 is 0.917 bits per heavy atom. The first kappa shape index (κ1) is 26.0. The summed E-state index contributed by atoms with van der Waals surface area (Å²) < 4.78 is 4.76. The second-order valence-electron chi connectivity index (χ2n) is 7.85. The molecule has 0 bridgehead atoms. The van der Waals surface area contributed by atoms with Crippen molar-refractivity contribution >= 4 is 23.5 Å². The van der Waals surface area contributed by atoms with E-state index in [0.717, 1.165) is 7.11 Å². The van der Waals surface area contributed by atoms with Gasteiger partial charge in [0, 0.05) is 23.6 Å². The molecular formula is C26H25N3O7. The molecule has 3 N–H and O–H groups in total. The van der Waals surface area contributed by atoms with E-state index in [-0.39, 0.29) is 17.7 Å². The maximum atomic E-state index is 13.1. The Labute approximate surface area is 207 Å². The number of aliphatic hydroxyl groups excluding tert-OH is 1. The molecule has 0 aliphatic rings. The van der Waals surface area contributed by atoms with Crippen LogP contribution in [0.25, 0.3) is 0 Å². The molecule has 3 aromatic carbocycles. The van der Waals surface area contributed by atoms with E-state index in [4.69, 9.17) is 4.74 Å². The number of hydrogen-bond acceptors (Lipinski definition) is 7. The molecule has 0 unspecified atom stereocenters. The van der Waals surface area contributed by atoms with Gasteiger partial charge in [-0.25, -0.2) is 4.79 Å².